The fourth-order valence-corrected chi connectivity index (χ4v) is 3.07. The van der Waals surface area contributed by atoms with E-state index in [0.717, 1.165) is 0 Å². The molecule has 0 atom stereocenters. The number of halogens is 2. The standard InChI is InChI=1S/C6H5BrClNO3S/c1-12-6-5(13(8,10)11)4(7)2-3-9-6/h2-3H,1H3. The maximum absolute atomic E-state index is 11.0. The SMILES string of the molecule is COc1nccc(Br)c1S(=O)(=O)Cl. The van der Waals surface area contributed by atoms with E-state index in [1.807, 2.05) is 0 Å². The maximum Gasteiger partial charge on any atom is 0.267 e. The Kier molecular flexibility index (Phi) is 3.15. The third kappa shape index (κ3) is 2.32. The third-order valence-electron chi connectivity index (χ3n) is 1.26. The van der Waals surface area contributed by atoms with Crippen LogP contribution in [0.4, 0.5) is 0 Å². The van der Waals surface area contributed by atoms with E-state index in [9.17, 15) is 8.42 Å². The summed E-state index contributed by atoms with van der Waals surface area (Å²) < 4.78 is 27.2. The van der Waals surface area contributed by atoms with Gasteiger partial charge in [-0.3, -0.25) is 0 Å². The first-order valence-electron chi connectivity index (χ1n) is 3.10. The highest BCUT2D eigenvalue weighted by Gasteiger charge is 2.21. The smallest absolute Gasteiger partial charge is 0.267 e. The second kappa shape index (κ2) is 3.81. The van der Waals surface area contributed by atoms with Crippen molar-refractivity contribution in [3.63, 3.8) is 0 Å². The molecule has 0 unspecified atom stereocenters. The summed E-state index contributed by atoms with van der Waals surface area (Å²) in [7, 11) is 2.65. The van der Waals surface area contributed by atoms with Crippen LogP contribution in [0.2, 0.25) is 0 Å². The van der Waals surface area contributed by atoms with Gasteiger partial charge in [-0.2, -0.15) is 0 Å². The van der Waals surface area contributed by atoms with Gasteiger partial charge in [0.25, 0.3) is 9.05 Å². The molecule has 0 aromatic carbocycles. The van der Waals surface area contributed by atoms with Gasteiger partial charge in [0.1, 0.15) is 0 Å². The van der Waals surface area contributed by atoms with Crippen LogP contribution >= 0.6 is 26.6 Å². The van der Waals surface area contributed by atoms with E-state index in [1.165, 1.54) is 19.4 Å². The lowest BCUT2D eigenvalue weighted by molar-refractivity contribution is 0.385. The normalized spacial score (nSPS) is 11.3. The molecule has 0 amide bonds. The summed E-state index contributed by atoms with van der Waals surface area (Å²) in [5, 5.41) is 0. The molecule has 13 heavy (non-hydrogen) atoms. The molecular formula is C6H5BrClNO3S. The number of nitrogens with zero attached hydrogens (tertiary/aromatic N) is 1. The topological polar surface area (TPSA) is 56.3 Å². The lowest BCUT2D eigenvalue weighted by Gasteiger charge is -2.04. The minimum Gasteiger partial charge on any atom is -0.480 e. The highest BCUT2D eigenvalue weighted by molar-refractivity contribution is 9.10. The van der Waals surface area contributed by atoms with Gasteiger partial charge in [0.05, 0.1) is 7.11 Å². The van der Waals surface area contributed by atoms with E-state index < -0.39 is 9.05 Å². The van der Waals surface area contributed by atoms with Crippen molar-refractivity contribution in [3.8, 4) is 5.88 Å². The van der Waals surface area contributed by atoms with Gasteiger partial charge in [-0.15, -0.1) is 0 Å². The number of ether oxygens (including phenoxy) is 1. The molecular weight excluding hydrogens is 281 g/mol. The van der Waals surface area contributed by atoms with Crippen LogP contribution in [0.3, 0.4) is 0 Å². The Balaban J connectivity index is 3.50. The Bertz CT molecular complexity index is 420. The second-order valence-corrected chi connectivity index (χ2v) is 5.43. The van der Waals surface area contributed by atoms with Crippen molar-refractivity contribution in [2.24, 2.45) is 0 Å². The zero-order valence-corrected chi connectivity index (χ0v) is 9.65. The first-order valence-corrected chi connectivity index (χ1v) is 6.20. The molecule has 72 valence electrons. The van der Waals surface area contributed by atoms with Gasteiger partial charge in [0.2, 0.25) is 5.88 Å². The van der Waals surface area contributed by atoms with E-state index in [2.05, 4.69) is 20.9 Å². The fourth-order valence-electron chi connectivity index (χ4n) is 0.773. The van der Waals surface area contributed by atoms with Crippen molar-refractivity contribution in [2.45, 2.75) is 4.90 Å². The van der Waals surface area contributed by atoms with Crippen LogP contribution in [-0.2, 0) is 9.05 Å². The molecule has 0 saturated heterocycles. The van der Waals surface area contributed by atoms with Gasteiger partial charge in [0, 0.05) is 21.4 Å². The van der Waals surface area contributed by atoms with Crippen LogP contribution in [0.1, 0.15) is 0 Å². The molecule has 0 aliphatic heterocycles. The lowest BCUT2D eigenvalue weighted by atomic mass is 10.5. The predicted octanol–water partition coefficient (Wildman–Crippen LogP) is 1.78. The molecule has 0 aliphatic rings. The monoisotopic (exact) mass is 285 g/mol. The molecule has 1 heterocycles. The molecule has 0 radical (unpaired) electrons. The minimum absolute atomic E-state index is 0.0237. The van der Waals surface area contributed by atoms with Crippen LogP contribution in [0, 0.1) is 0 Å². The zero-order chi connectivity index (χ0) is 10.1. The van der Waals surface area contributed by atoms with Crippen molar-refractivity contribution < 1.29 is 13.2 Å². The highest BCUT2D eigenvalue weighted by atomic mass is 79.9. The molecule has 0 bridgehead atoms. The van der Waals surface area contributed by atoms with Crippen LogP contribution < -0.4 is 4.74 Å². The van der Waals surface area contributed by atoms with Crippen molar-refractivity contribution in [3.05, 3.63) is 16.7 Å². The summed E-state index contributed by atoms with van der Waals surface area (Å²) >= 11 is 3.04. The molecule has 0 saturated carbocycles. The number of aromatic nitrogens is 1. The highest BCUT2D eigenvalue weighted by Crippen LogP contribution is 2.31. The lowest BCUT2D eigenvalue weighted by Crippen LogP contribution is -1.99. The summed E-state index contributed by atoms with van der Waals surface area (Å²) in [5.41, 5.74) is 0. The number of rotatable bonds is 2. The third-order valence-corrected chi connectivity index (χ3v) is 3.53. The summed E-state index contributed by atoms with van der Waals surface area (Å²) in [4.78, 5) is 3.56. The van der Waals surface area contributed by atoms with Gasteiger partial charge >= 0.3 is 0 Å². The number of pyridine rings is 1. The van der Waals surface area contributed by atoms with Crippen molar-refractivity contribution >= 4 is 35.7 Å². The van der Waals surface area contributed by atoms with Crippen molar-refractivity contribution in [1.29, 1.82) is 0 Å². The van der Waals surface area contributed by atoms with Gasteiger partial charge in [-0.25, -0.2) is 13.4 Å². The Morgan fingerprint density at radius 2 is 2.23 bits per heavy atom. The summed E-state index contributed by atoms with van der Waals surface area (Å²) in [6.07, 6.45) is 1.41. The van der Waals surface area contributed by atoms with Crippen molar-refractivity contribution in [2.75, 3.05) is 7.11 Å². The molecule has 0 aliphatic carbocycles. The Morgan fingerprint density at radius 3 is 2.62 bits per heavy atom. The van der Waals surface area contributed by atoms with Crippen LogP contribution in [0.15, 0.2) is 21.6 Å². The van der Waals surface area contributed by atoms with Gasteiger partial charge in [-0.1, -0.05) is 0 Å². The first-order chi connectivity index (χ1) is 5.96. The van der Waals surface area contributed by atoms with Crippen LogP contribution in [-0.4, -0.2) is 20.5 Å². The largest absolute Gasteiger partial charge is 0.480 e. The van der Waals surface area contributed by atoms with Gasteiger partial charge in [-0.05, 0) is 22.0 Å². The molecule has 0 fully saturated rings. The average Bonchev–Trinajstić information content (AvgIpc) is 2.01. The predicted molar refractivity (Wildman–Crippen MR) is 51.5 cm³/mol. The minimum atomic E-state index is -3.84. The molecule has 0 spiro atoms. The average molecular weight is 287 g/mol. The maximum atomic E-state index is 11.0. The zero-order valence-electron chi connectivity index (χ0n) is 6.49. The number of hydrogen-bond acceptors (Lipinski definition) is 4. The van der Waals surface area contributed by atoms with Gasteiger partial charge in [0.15, 0.2) is 4.90 Å². The van der Waals surface area contributed by atoms with E-state index in [0.29, 0.717) is 4.47 Å². The summed E-state index contributed by atoms with van der Waals surface area (Å²) in [6, 6.07) is 1.47. The van der Waals surface area contributed by atoms with Crippen LogP contribution in [0.25, 0.3) is 0 Å². The van der Waals surface area contributed by atoms with E-state index in [1.54, 1.807) is 0 Å². The summed E-state index contributed by atoms with van der Waals surface area (Å²) in [5.74, 6) is -0.0237. The Labute approximate surface area is 88.4 Å². The first kappa shape index (κ1) is 10.7. The van der Waals surface area contributed by atoms with Gasteiger partial charge < -0.3 is 4.74 Å². The van der Waals surface area contributed by atoms with Crippen LogP contribution in [0.5, 0.6) is 5.88 Å². The van der Waals surface area contributed by atoms with Crippen molar-refractivity contribution in [1.82, 2.24) is 4.98 Å². The molecule has 0 N–H and O–H groups in total. The van der Waals surface area contributed by atoms with E-state index in [-0.39, 0.29) is 10.8 Å². The molecule has 1 aromatic heterocycles. The number of hydrogen-bond donors (Lipinski definition) is 0. The quantitative estimate of drug-likeness (QED) is 0.778. The molecule has 1 rings (SSSR count). The second-order valence-electron chi connectivity index (χ2n) is 2.07. The molecule has 4 nitrogen and oxygen atoms in total. The van der Waals surface area contributed by atoms with E-state index in [4.69, 9.17) is 15.4 Å². The Hall–Kier alpha value is -0.330. The Morgan fingerprint density at radius 1 is 1.62 bits per heavy atom. The molecule has 1 aromatic rings. The summed E-state index contributed by atoms with van der Waals surface area (Å²) in [6.45, 7) is 0. The molecule has 7 heteroatoms. The van der Waals surface area contributed by atoms with E-state index >= 15 is 0 Å². The fraction of sp³-hybridized carbons (Fsp3) is 0.167. The number of methoxy groups -OCH3 is 1.